The van der Waals surface area contributed by atoms with Gasteiger partial charge in [-0.2, -0.15) is 5.10 Å². The molecule has 0 radical (unpaired) electrons. The third kappa shape index (κ3) is 3.58. The summed E-state index contributed by atoms with van der Waals surface area (Å²) in [7, 11) is 0. The van der Waals surface area contributed by atoms with E-state index in [0.29, 0.717) is 17.9 Å². The maximum Gasteiger partial charge on any atom is 0.0636 e. The van der Waals surface area contributed by atoms with Gasteiger partial charge in [0, 0.05) is 30.1 Å². The van der Waals surface area contributed by atoms with Gasteiger partial charge in [0.25, 0.3) is 0 Å². The third-order valence-electron chi connectivity index (χ3n) is 3.14. The zero-order valence-electron chi connectivity index (χ0n) is 11.3. The fourth-order valence-electron chi connectivity index (χ4n) is 2.27. The highest BCUT2D eigenvalue weighted by atomic mass is 35.5. The van der Waals surface area contributed by atoms with E-state index < -0.39 is 6.10 Å². The molecule has 1 heterocycles. The molecule has 0 saturated heterocycles. The zero-order valence-corrected chi connectivity index (χ0v) is 12.1. The summed E-state index contributed by atoms with van der Waals surface area (Å²) in [6, 6.07) is 9.67. The summed E-state index contributed by atoms with van der Waals surface area (Å²) >= 11 is 6.11. The van der Waals surface area contributed by atoms with Crippen molar-refractivity contribution in [1.82, 2.24) is 9.78 Å². The van der Waals surface area contributed by atoms with Crippen LogP contribution in [-0.4, -0.2) is 21.0 Å². The van der Waals surface area contributed by atoms with Gasteiger partial charge in [0.15, 0.2) is 0 Å². The molecule has 102 valence electrons. The highest BCUT2D eigenvalue weighted by Crippen LogP contribution is 2.18. The SMILES string of the molecule is CCn1nc(C)cc1CC(O)Cc1ccccc1Cl. The van der Waals surface area contributed by atoms with Crippen LogP contribution < -0.4 is 0 Å². The number of rotatable bonds is 5. The van der Waals surface area contributed by atoms with Crippen molar-refractivity contribution in [3.63, 3.8) is 0 Å². The minimum Gasteiger partial charge on any atom is -0.392 e. The topological polar surface area (TPSA) is 38.0 Å². The molecule has 1 aromatic carbocycles. The Morgan fingerprint density at radius 1 is 1.32 bits per heavy atom. The van der Waals surface area contributed by atoms with Gasteiger partial charge < -0.3 is 5.11 Å². The summed E-state index contributed by atoms with van der Waals surface area (Å²) in [5, 5.41) is 15.3. The van der Waals surface area contributed by atoms with Crippen LogP contribution in [0, 0.1) is 6.92 Å². The second-order valence-electron chi connectivity index (χ2n) is 4.75. The molecule has 1 aromatic heterocycles. The Balaban J connectivity index is 2.05. The van der Waals surface area contributed by atoms with Crippen LogP contribution in [0.4, 0.5) is 0 Å². The first-order chi connectivity index (χ1) is 9.10. The summed E-state index contributed by atoms with van der Waals surface area (Å²) in [5.41, 5.74) is 3.04. The normalized spacial score (nSPS) is 12.6. The van der Waals surface area contributed by atoms with Gasteiger partial charge in [0.1, 0.15) is 0 Å². The van der Waals surface area contributed by atoms with Gasteiger partial charge in [0.2, 0.25) is 0 Å². The quantitative estimate of drug-likeness (QED) is 0.913. The van der Waals surface area contributed by atoms with Crippen molar-refractivity contribution in [2.24, 2.45) is 0 Å². The lowest BCUT2D eigenvalue weighted by Gasteiger charge is -2.12. The van der Waals surface area contributed by atoms with Crippen LogP contribution in [0.5, 0.6) is 0 Å². The van der Waals surface area contributed by atoms with Crippen molar-refractivity contribution in [1.29, 1.82) is 0 Å². The first-order valence-electron chi connectivity index (χ1n) is 6.55. The van der Waals surface area contributed by atoms with Gasteiger partial charge in [-0.3, -0.25) is 4.68 Å². The number of benzene rings is 1. The lowest BCUT2D eigenvalue weighted by atomic mass is 10.0. The first-order valence-corrected chi connectivity index (χ1v) is 6.92. The number of hydrogen-bond acceptors (Lipinski definition) is 2. The molecule has 1 N–H and O–H groups in total. The lowest BCUT2D eigenvalue weighted by Crippen LogP contribution is -2.17. The molecular weight excluding hydrogens is 260 g/mol. The predicted molar refractivity (Wildman–Crippen MR) is 77.5 cm³/mol. The highest BCUT2D eigenvalue weighted by Gasteiger charge is 2.12. The second kappa shape index (κ2) is 6.22. The molecule has 0 aliphatic rings. The lowest BCUT2D eigenvalue weighted by molar-refractivity contribution is 0.172. The Labute approximate surface area is 118 Å². The fraction of sp³-hybridized carbons (Fsp3) is 0.400. The maximum atomic E-state index is 10.2. The first kappa shape index (κ1) is 14.1. The largest absolute Gasteiger partial charge is 0.392 e. The van der Waals surface area contributed by atoms with E-state index in [1.165, 1.54) is 0 Å². The number of aryl methyl sites for hydroxylation is 2. The van der Waals surface area contributed by atoms with Crippen molar-refractivity contribution < 1.29 is 5.11 Å². The van der Waals surface area contributed by atoms with Gasteiger partial charge >= 0.3 is 0 Å². The Morgan fingerprint density at radius 2 is 2.05 bits per heavy atom. The number of nitrogens with zero attached hydrogens (tertiary/aromatic N) is 2. The standard InChI is InChI=1S/C15H19ClN2O/c1-3-18-13(8-11(2)17-18)10-14(19)9-12-6-4-5-7-15(12)16/h4-8,14,19H,3,9-10H2,1-2H3. The van der Waals surface area contributed by atoms with E-state index >= 15 is 0 Å². The molecule has 0 bridgehead atoms. The van der Waals surface area contributed by atoms with Crippen LogP contribution >= 0.6 is 11.6 Å². The molecule has 0 aliphatic carbocycles. The summed E-state index contributed by atoms with van der Waals surface area (Å²) in [6.45, 7) is 4.84. The van der Waals surface area contributed by atoms with Crippen LogP contribution in [0.15, 0.2) is 30.3 Å². The van der Waals surface area contributed by atoms with Gasteiger partial charge in [-0.1, -0.05) is 29.8 Å². The molecule has 1 atom stereocenters. The smallest absolute Gasteiger partial charge is 0.0636 e. The molecule has 2 rings (SSSR count). The van der Waals surface area contributed by atoms with E-state index in [4.69, 9.17) is 11.6 Å². The summed E-state index contributed by atoms with van der Waals surface area (Å²) in [6.07, 6.45) is 0.717. The molecule has 3 nitrogen and oxygen atoms in total. The molecular formula is C15H19ClN2O. The Morgan fingerprint density at radius 3 is 2.74 bits per heavy atom. The average molecular weight is 279 g/mol. The highest BCUT2D eigenvalue weighted by molar-refractivity contribution is 6.31. The summed E-state index contributed by atoms with van der Waals surface area (Å²) < 4.78 is 1.94. The summed E-state index contributed by atoms with van der Waals surface area (Å²) in [4.78, 5) is 0. The number of hydrogen-bond donors (Lipinski definition) is 1. The Bertz CT molecular complexity index is 551. The maximum absolute atomic E-state index is 10.2. The molecule has 0 amide bonds. The third-order valence-corrected chi connectivity index (χ3v) is 3.51. The minimum atomic E-state index is -0.443. The molecule has 1 unspecified atom stereocenters. The van der Waals surface area contributed by atoms with Gasteiger partial charge in [0.05, 0.1) is 11.8 Å². The fourth-order valence-corrected chi connectivity index (χ4v) is 2.48. The minimum absolute atomic E-state index is 0.443. The van der Waals surface area contributed by atoms with Crippen molar-refractivity contribution >= 4 is 11.6 Å². The molecule has 0 spiro atoms. The number of aliphatic hydroxyl groups is 1. The second-order valence-corrected chi connectivity index (χ2v) is 5.15. The van der Waals surface area contributed by atoms with Gasteiger partial charge in [-0.15, -0.1) is 0 Å². The van der Waals surface area contributed by atoms with Crippen molar-refractivity contribution in [2.45, 2.75) is 39.3 Å². The van der Waals surface area contributed by atoms with E-state index in [2.05, 4.69) is 12.0 Å². The van der Waals surface area contributed by atoms with E-state index in [-0.39, 0.29) is 0 Å². The average Bonchev–Trinajstić information content (AvgIpc) is 2.72. The molecule has 0 saturated carbocycles. The number of aromatic nitrogens is 2. The van der Waals surface area contributed by atoms with Crippen LogP contribution in [0.1, 0.15) is 23.9 Å². The van der Waals surface area contributed by atoms with Crippen molar-refractivity contribution in [2.75, 3.05) is 0 Å². The molecule has 0 aliphatic heterocycles. The van der Waals surface area contributed by atoms with E-state index in [1.54, 1.807) is 0 Å². The summed E-state index contributed by atoms with van der Waals surface area (Å²) in [5.74, 6) is 0. The van der Waals surface area contributed by atoms with Gasteiger partial charge in [-0.05, 0) is 31.5 Å². The Hall–Kier alpha value is -1.32. The Kier molecular flexibility index (Phi) is 4.61. The van der Waals surface area contributed by atoms with E-state index in [1.807, 2.05) is 41.9 Å². The molecule has 2 aromatic rings. The van der Waals surface area contributed by atoms with E-state index in [9.17, 15) is 5.11 Å². The van der Waals surface area contributed by atoms with Crippen LogP contribution in [-0.2, 0) is 19.4 Å². The zero-order chi connectivity index (χ0) is 13.8. The van der Waals surface area contributed by atoms with Crippen molar-refractivity contribution in [3.8, 4) is 0 Å². The molecule has 19 heavy (non-hydrogen) atoms. The predicted octanol–water partition coefficient (Wildman–Crippen LogP) is 3.01. The molecule has 4 heteroatoms. The molecule has 0 fully saturated rings. The van der Waals surface area contributed by atoms with Gasteiger partial charge in [-0.25, -0.2) is 0 Å². The monoisotopic (exact) mass is 278 g/mol. The van der Waals surface area contributed by atoms with Crippen LogP contribution in [0.3, 0.4) is 0 Å². The number of halogens is 1. The van der Waals surface area contributed by atoms with Crippen molar-refractivity contribution in [3.05, 3.63) is 52.3 Å². The van der Waals surface area contributed by atoms with E-state index in [0.717, 1.165) is 23.5 Å². The number of aliphatic hydroxyl groups excluding tert-OH is 1. The van der Waals surface area contributed by atoms with Crippen LogP contribution in [0.2, 0.25) is 5.02 Å². The van der Waals surface area contributed by atoms with Crippen LogP contribution in [0.25, 0.3) is 0 Å².